The van der Waals surface area contributed by atoms with Crippen LogP contribution in [0.3, 0.4) is 0 Å². The Kier molecular flexibility index (Phi) is 9.12. The van der Waals surface area contributed by atoms with Gasteiger partial charge in [0.15, 0.2) is 0 Å². The van der Waals surface area contributed by atoms with Crippen LogP contribution in [0, 0.1) is 0 Å². The van der Waals surface area contributed by atoms with E-state index >= 15 is 0 Å². The van der Waals surface area contributed by atoms with Gasteiger partial charge in [0.2, 0.25) is 10.0 Å². The van der Waals surface area contributed by atoms with Crippen molar-refractivity contribution in [1.82, 2.24) is 9.29 Å². The number of rotatable bonds is 9. The summed E-state index contributed by atoms with van der Waals surface area (Å²) in [6, 6.07) is 15.9. The summed E-state index contributed by atoms with van der Waals surface area (Å²) in [5.74, 6) is -1.74. The Bertz CT molecular complexity index is 1400. The fourth-order valence-electron chi connectivity index (χ4n) is 4.33. The third-order valence-electron chi connectivity index (χ3n) is 6.16. The number of hydrogen-bond donors (Lipinski definition) is 0. The highest BCUT2D eigenvalue weighted by Crippen LogP contribution is 2.34. The molecule has 1 fully saturated rings. The lowest BCUT2D eigenvalue weighted by Gasteiger charge is -2.32. The summed E-state index contributed by atoms with van der Waals surface area (Å²) in [5, 5.41) is 0. The number of sulfonamides is 1. The maximum absolute atomic E-state index is 13.6. The lowest BCUT2D eigenvalue weighted by molar-refractivity contribution is -0.169. The van der Waals surface area contributed by atoms with Crippen LogP contribution in [0.2, 0.25) is 0 Å². The first kappa shape index (κ1) is 29.5. The van der Waals surface area contributed by atoms with Gasteiger partial charge in [-0.2, -0.15) is 17.5 Å². The second-order valence-electron chi connectivity index (χ2n) is 9.56. The van der Waals surface area contributed by atoms with Gasteiger partial charge in [0.25, 0.3) is 0 Å². The van der Waals surface area contributed by atoms with E-state index in [1.807, 2.05) is 12.1 Å². The third-order valence-corrected chi connectivity index (χ3v) is 8.02. The van der Waals surface area contributed by atoms with Crippen LogP contribution in [-0.2, 0) is 26.2 Å². The lowest BCUT2D eigenvalue weighted by atomic mass is 10.1. The van der Waals surface area contributed by atoms with Gasteiger partial charge in [-0.3, -0.25) is 14.7 Å². The monoisotopic (exact) mass is 577 g/mol. The summed E-state index contributed by atoms with van der Waals surface area (Å²) in [4.78, 5) is 16.9. The Morgan fingerprint density at radius 2 is 1.82 bits per heavy atom. The number of aromatic nitrogens is 1. The summed E-state index contributed by atoms with van der Waals surface area (Å²) in [6.45, 7) is 4.15. The SMILES string of the molecule is CC(C)Oc1ccc(N(C(=O)C(F)(F)F)c2cccc(S(=O)(=O)N3CCCC(OCc4ccccn4)C3)c2)cc1. The number of halogens is 3. The van der Waals surface area contributed by atoms with E-state index in [0.717, 1.165) is 6.07 Å². The van der Waals surface area contributed by atoms with Gasteiger partial charge in [-0.05, 0) is 81.3 Å². The molecule has 4 rings (SSSR count). The minimum Gasteiger partial charge on any atom is -0.491 e. The lowest BCUT2D eigenvalue weighted by Crippen LogP contribution is -2.43. The van der Waals surface area contributed by atoms with Crippen LogP contribution in [0.4, 0.5) is 24.5 Å². The Hall–Kier alpha value is -3.48. The molecule has 1 unspecified atom stereocenters. The maximum atomic E-state index is 13.6. The molecule has 0 spiro atoms. The first-order valence-electron chi connectivity index (χ1n) is 12.7. The molecule has 2 heterocycles. The highest BCUT2D eigenvalue weighted by Gasteiger charge is 2.44. The van der Waals surface area contributed by atoms with Crippen LogP contribution in [0.25, 0.3) is 0 Å². The minimum atomic E-state index is -5.20. The van der Waals surface area contributed by atoms with Crippen molar-refractivity contribution in [2.45, 2.75) is 56.6 Å². The summed E-state index contributed by atoms with van der Waals surface area (Å²) in [7, 11) is -4.10. The molecule has 1 aliphatic rings. The van der Waals surface area contributed by atoms with E-state index in [9.17, 15) is 26.4 Å². The minimum absolute atomic E-state index is 0.0852. The highest BCUT2D eigenvalue weighted by atomic mass is 32.2. The third kappa shape index (κ3) is 7.18. The van der Waals surface area contributed by atoms with E-state index in [4.69, 9.17) is 9.47 Å². The van der Waals surface area contributed by atoms with Crippen molar-refractivity contribution in [1.29, 1.82) is 0 Å². The van der Waals surface area contributed by atoms with Gasteiger partial charge < -0.3 is 9.47 Å². The van der Waals surface area contributed by atoms with Crippen molar-refractivity contribution < 1.29 is 35.9 Å². The number of ether oxygens (including phenoxy) is 2. The van der Waals surface area contributed by atoms with Crippen LogP contribution in [-0.4, -0.2) is 55.1 Å². The van der Waals surface area contributed by atoms with E-state index in [-0.39, 0.29) is 48.2 Å². The van der Waals surface area contributed by atoms with Gasteiger partial charge in [0.1, 0.15) is 5.75 Å². The predicted molar refractivity (Wildman–Crippen MR) is 143 cm³/mol. The zero-order valence-corrected chi connectivity index (χ0v) is 22.9. The molecule has 1 saturated heterocycles. The summed E-state index contributed by atoms with van der Waals surface area (Å²) >= 11 is 0. The number of alkyl halides is 3. The average Bonchev–Trinajstić information content (AvgIpc) is 2.93. The number of carbonyl (C=O) groups is 1. The first-order valence-corrected chi connectivity index (χ1v) is 14.2. The number of hydrogen-bond acceptors (Lipinski definition) is 6. The van der Waals surface area contributed by atoms with Gasteiger partial charge in [-0.1, -0.05) is 12.1 Å². The number of benzene rings is 2. The molecule has 1 atom stereocenters. The normalized spacial score (nSPS) is 16.6. The van der Waals surface area contributed by atoms with Crippen molar-refractivity contribution in [3.8, 4) is 5.75 Å². The van der Waals surface area contributed by atoms with Crippen LogP contribution in [0.1, 0.15) is 32.4 Å². The number of carbonyl (C=O) groups excluding carboxylic acids is 1. The van der Waals surface area contributed by atoms with Gasteiger partial charge in [-0.15, -0.1) is 0 Å². The fourth-order valence-corrected chi connectivity index (χ4v) is 5.88. The van der Waals surface area contributed by atoms with Gasteiger partial charge in [0, 0.05) is 25.0 Å². The predicted octanol–water partition coefficient (Wildman–Crippen LogP) is 5.47. The molecular formula is C28H30F3N3O5S. The molecule has 0 aliphatic carbocycles. The number of amides is 1. The molecule has 40 heavy (non-hydrogen) atoms. The molecular weight excluding hydrogens is 547 g/mol. The molecule has 8 nitrogen and oxygen atoms in total. The Balaban J connectivity index is 1.59. The van der Waals surface area contributed by atoms with Crippen molar-refractivity contribution in [2.75, 3.05) is 18.0 Å². The zero-order chi connectivity index (χ0) is 28.9. The van der Waals surface area contributed by atoms with Crippen LogP contribution in [0.15, 0.2) is 77.8 Å². The summed E-state index contributed by atoms with van der Waals surface area (Å²) < 4.78 is 80.7. The first-order chi connectivity index (χ1) is 18.9. The molecule has 0 radical (unpaired) electrons. The average molecular weight is 578 g/mol. The molecule has 1 aliphatic heterocycles. The summed E-state index contributed by atoms with van der Waals surface area (Å²) in [5.41, 5.74) is 0.392. The quantitative estimate of drug-likeness (QED) is 0.335. The van der Waals surface area contributed by atoms with Crippen LogP contribution >= 0.6 is 0 Å². The Labute approximate surface area is 231 Å². The molecule has 3 aromatic rings. The summed E-state index contributed by atoms with van der Waals surface area (Å²) in [6.07, 6.45) is -2.88. The molecule has 0 N–H and O–H groups in total. The number of anilines is 2. The molecule has 1 aromatic heterocycles. The van der Waals surface area contributed by atoms with Crippen molar-refractivity contribution in [2.24, 2.45) is 0 Å². The van der Waals surface area contributed by atoms with Gasteiger partial charge in [0.05, 0.1) is 35.1 Å². The second-order valence-corrected chi connectivity index (χ2v) is 11.5. The number of nitrogens with zero attached hydrogens (tertiary/aromatic N) is 3. The molecule has 214 valence electrons. The molecule has 2 aromatic carbocycles. The Morgan fingerprint density at radius 3 is 2.48 bits per heavy atom. The smallest absolute Gasteiger partial charge is 0.472 e. The van der Waals surface area contributed by atoms with E-state index in [1.54, 1.807) is 26.1 Å². The van der Waals surface area contributed by atoms with Crippen molar-refractivity contribution >= 4 is 27.3 Å². The number of piperidine rings is 1. The highest BCUT2D eigenvalue weighted by molar-refractivity contribution is 7.89. The topological polar surface area (TPSA) is 89.0 Å². The van der Waals surface area contributed by atoms with Crippen molar-refractivity contribution in [3.05, 3.63) is 78.6 Å². The maximum Gasteiger partial charge on any atom is 0.472 e. The van der Waals surface area contributed by atoms with E-state index in [2.05, 4.69) is 4.98 Å². The Morgan fingerprint density at radius 1 is 1.07 bits per heavy atom. The van der Waals surface area contributed by atoms with E-state index in [1.165, 1.54) is 46.8 Å². The number of pyridine rings is 1. The van der Waals surface area contributed by atoms with Crippen LogP contribution in [0.5, 0.6) is 5.75 Å². The van der Waals surface area contributed by atoms with Crippen LogP contribution < -0.4 is 9.64 Å². The molecule has 12 heteroatoms. The van der Waals surface area contributed by atoms with E-state index in [0.29, 0.717) is 29.2 Å². The second kappa shape index (κ2) is 12.4. The van der Waals surface area contributed by atoms with Crippen molar-refractivity contribution in [3.63, 3.8) is 0 Å². The molecule has 0 bridgehead atoms. The van der Waals surface area contributed by atoms with Gasteiger partial charge in [-0.25, -0.2) is 8.42 Å². The molecule has 0 saturated carbocycles. The zero-order valence-electron chi connectivity index (χ0n) is 22.0. The van der Waals surface area contributed by atoms with Gasteiger partial charge >= 0.3 is 12.1 Å². The molecule has 1 amide bonds. The standard InChI is InChI=1S/C28H30F3N3O5S/c1-20(2)39-24-13-11-22(12-14-24)34(27(35)28(29,30)31)23-8-5-10-26(17-23)40(36,37)33-16-6-9-25(18-33)38-19-21-7-3-4-15-32-21/h3-5,7-8,10-15,17,20,25H,6,9,16,18-19H2,1-2H3. The largest absolute Gasteiger partial charge is 0.491 e. The fraction of sp³-hybridized carbons (Fsp3) is 0.357. The van der Waals surface area contributed by atoms with E-state index < -0.39 is 22.1 Å².